The highest BCUT2D eigenvalue weighted by Gasteiger charge is 2.14. The number of hydrogen-bond acceptors (Lipinski definition) is 4. The van der Waals surface area contributed by atoms with E-state index in [1.807, 2.05) is 0 Å². The van der Waals surface area contributed by atoms with Gasteiger partial charge >= 0.3 is 5.97 Å². The molecule has 12 heavy (non-hydrogen) atoms. The van der Waals surface area contributed by atoms with E-state index in [1.165, 1.54) is 18.4 Å². The first kappa shape index (κ1) is 8.73. The third-order valence-corrected chi connectivity index (χ3v) is 2.22. The van der Waals surface area contributed by atoms with Gasteiger partial charge in [-0.3, -0.25) is 5.41 Å². The maximum absolute atomic E-state index is 11.0. The van der Waals surface area contributed by atoms with Gasteiger partial charge in [-0.15, -0.1) is 11.3 Å². The van der Waals surface area contributed by atoms with E-state index in [-0.39, 0.29) is 5.84 Å². The molecule has 0 aliphatic carbocycles. The van der Waals surface area contributed by atoms with E-state index < -0.39 is 5.97 Å². The Morgan fingerprint density at radius 2 is 2.42 bits per heavy atom. The second-order valence-corrected chi connectivity index (χ2v) is 2.98. The van der Waals surface area contributed by atoms with Crippen LogP contribution in [-0.2, 0) is 4.74 Å². The molecular weight excluding hydrogens is 176 g/mol. The number of hydrogen-bond donors (Lipinski definition) is 2. The van der Waals surface area contributed by atoms with Crippen LogP contribution < -0.4 is 5.73 Å². The zero-order valence-electron chi connectivity index (χ0n) is 6.46. The van der Waals surface area contributed by atoms with Gasteiger partial charge in [-0.25, -0.2) is 4.79 Å². The standard InChI is InChI=1S/C7H8N2O2S/c1-11-7(10)5-4(6(8)9)2-3-12-5/h2-3H,1H3,(H3,8,9). The van der Waals surface area contributed by atoms with Gasteiger partial charge < -0.3 is 10.5 Å². The molecule has 0 spiro atoms. The summed E-state index contributed by atoms with van der Waals surface area (Å²) in [6.07, 6.45) is 0. The number of thiophene rings is 1. The lowest BCUT2D eigenvalue weighted by Gasteiger charge is -1.98. The molecule has 64 valence electrons. The summed E-state index contributed by atoms with van der Waals surface area (Å²) in [5.41, 5.74) is 5.67. The molecule has 0 aliphatic heterocycles. The van der Waals surface area contributed by atoms with Gasteiger partial charge in [-0.05, 0) is 11.4 Å². The summed E-state index contributed by atoms with van der Waals surface area (Å²) in [4.78, 5) is 11.4. The van der Waals surface area contributed by atoms with E-state index in [2.05, 4.69) is 4.74 Å². The molecule has 0 bridgehead atoms. The largest absolute Gasteiger partial charge is 0.465 e. The van der Waals surface area contributed by atoms with Gasteiger partial charge in [0, 0.05) is 5.56 Å². The molecule has 0 amide bonds. The Balaban J connectivity index is 3.07. The van der Waals surface area contributed by atoms with Crippen LogP contribution in [0.3, 0.4) is 0 Å². The van der Waals surface area contributed by atoms with Gasteiger partial charge in [-0.2, -0.15) is 0 Å². The van der Waals surface area contributed by atoms with Crippen molar-refractivity contribution < 1.29 is 9.53 Å². The van der Waals surface area contributed by atoms with Gasteiger partial charge in [0.05, 0.1) is 7.11 Å². The summed E-state index contributed by atoms with van der Waals surface area (Å²) in [5, 5.41) is 8.84. The predicted octanol–water partition coefficient (Wildman–Crippen LogP) is 0.819. The van der Waals surface area contributed by atoms with Gasteiger partial charge in [0.25, 0.3) is 0 Å². The third-order valence-electron chi connectivity index (χ3n) is 1.33. The topological polar surface area (TPSA) is 76.2 Å². The minimum Gasteiger partial charge on any atom is -0.465 e. The SMILES string of the molecule is COC(=O)c1sccc1C(=N)N. The third kappa shape index (κ3) is 1.45. The van der Waals surface area contributed by atoms with Crippen molar-refractivity contribution in [1.29, 1.82) is 5.41 Å². The number of carbonyl (C=O) groups is 1. The van der Waals surface area contributed by atoms with Crippen molar-refractivity contribution in [3.8, 4) is 0 Å². The lowest BCUT2D eigenvalue weighted by atomic mass is 10.2. The maximum atomic E-state index is 11.0. The number of nitrogens with one attached hydrogen (secondary N) is 1. The van der Waals surface area contributed by atoms with Crippen molar-refractivity contribution >= 4 is 23.1 Å². The molecule has 1 rings (SSSR count). The number of nitrogen functional groups attached to an aromatic ring is 1. The molecular formula is C7H8N2O2S. The Bertz CT molecular complexity index is 319. The number of amidine groups is 1. The minimum absolute atomic E-state index is 0.114. The molecule has 0 aliphatic rings. The highest BCUT2D eigenvalue weighted by molar-refractivity contribution is 7.12. The fourth-order valence-corrected chi connectivity index (χ4v) is 1.60. The molecule has 0 saturated heterocycles. The number of rotatable bonds is 2. The Labute approximate surface area is 73.5 Å². The normalized spacial score (nSPS) is 9.42. The van der Waals surface area contributed by atoms with Crippen LogP contribution >= 0.6 is 11.3 Å². The zero-order valence-corrected chi connectivity index (χ0v) is 7.27. The summed E-state index contributed by atoms with van der Waals surface area (Å²) < 4.78 is 4.50. The molecule has 0 radical (unpaired) electrons. The van der Waals surface area contributed by atoms with Crippen LogP contribution in [0.5, 0.6) is 0 Å². The van der Waals surface area contributed by atoms with E-state index in [0.29, 0.717) is 10.4 Å². The summed E-state index contributed by atoms with van der Waals surface area (Å²) in [6, 6.07) is 1.62. The first-order valence-corrected chi connectivity index (χ1v) is 4.05. The monoisotopic (exact) mass is 184 g/mol. The van der Waals surface area contributed by atoms with Gasteiger partial charge in [-0.1, -0.05) is 0 Å². The van der Waals surface area contributed by atoms with Crippen LogP contribution in [0.4, 0.5) is 0 Å². The van der Waals surface area contributed by atoms with E-state index >= 15 is 0 Å². The van der Waals surface area contributed by atoms with Crippen LogP contribution in [0.2, 0.25) is 0 Å². The number of ether oxygens (including phenoxy) is 1. The fraction of sp³-hybridized carbons (Fsp3) is 0.143. The van der Waals surface area contributed by atoms with Crippen molar-refractivity contribution in [2.45, 2.75) is 0 Å². The fourth-order valence-electron chi connectivity index (χ4n) is 0.772. The van der Waals surface area contributed by atoms with Gasteiger partial charge in [0.15, 0.2) is 0 Å². The van der Waals surface area contributed by atoms with E-state index in [4.69, 9.17) is 11.1 Å². The smallest absolute Gasteiger partial charge is 0.348 e. The van der Waals surface area contributed by atoms with Gasteiger partial charge in [0.1, 0.15) is 10.7 Å². The number of nitrogens with two attached hydrogens (primary N) is 1. The number of carbonyl (C=O) groups excluding carboxylic acids is 1. The minimum atomic E-state index is -0.449. The van der Waals surface area contributed by atoms with Crippen LogP contribution in [0, 0.1) is 5.41 Å². The molecule has 1 aromatic heterocycles. The quantitative estimate of drug-likeness (QED) is 0.406. The maximum Gasteiger partial charge on any atom is 0.348 e. The molecule has 0 saturated carbocycles. The highest BCUT2D eigenvalue weighted by atomic mass is 32.1. The Morgan fingerprint density at radius 3 is 2.92 bits per heavy atom. The number of esters is 1. The highest BCUT2D eigenvalue weighted by Crippen LogP contribution is 2.16. The zero-order chi connectivity index (χ0) is 9.14. The molecule has 0 fully saturated rings. The molecule has 3 N–H and O–H groups in total. The molecule has 1 aromatic rings. The van der Waals surface area contributed by atoms with Crippen molar-refractivity contribution in [3.05, 3.63) is 21.9 Å². The summed E-state index contributed by atoms with van der Waals surface area (Å²) in [6.45, 7) is 0. The second-order valence-electron chi connectivity index (χ2n) is 2.07. The molecule has 1 heterocycles. The summed E-state index contributed by atoms with van der Waals surface area (Å²) >= 11 is 1.22. The predicted molar refractivity (Wildman–Crippen MR) is 46.7 cm³/mol. The Morgan fingerprint density at radius 1 is 1.75 bits per heavy atom. The first-order chi connectivity index (χ1) is 5.66. The number of methoxy groups -OCH3 is 1. The molecule has 0 atom stereocenters. The van der Waals surface area contributed by atoms with Gasteiger partial charge in [0.2, 0.25) is 0 Å². The average molecular weight is 184 g/mol. The Kier molecular flexibility index (Phi) is 2.44. The first-order valence-electron chi connectivity index (χ1n) is 3.17. The van der Waals surface area contributed by atoms with Crippen LogP contribution in [0.1, 0.15) is 15.2 Å². The van der Waals surface area contributed by atoms with E-state index in [0.717, 1.165) is 0 Å². The van der Waals surface area contributed by atoms with Crippen molar-refractivity contribution in [3.63, 3.8) is 0 Å². The van der Waals surface area contributed by atoms with Crippen molar-refractivity contribution in [1.82, 2.24) is 0 Å². The average Bonchev–Trinajstić information content (AvgIpc) is 2.50. The van der Waals surface area contributed by atoms with Crippen LogP contribution in [0.15, 0.2) is 11.4 Å². The summed E-state index contributed by atoms with van der Waals surface area (Å²) in [5.74, 6) is -0.563. The molecule has 5 heteroatoms. The summed E-state index contributed by atoms with van der Waals surface area (Å²) in [7, 11) is 1.30. The van der Waals surface area contributed by atoms with Crippen molar-refractivity contribution in [2.24, 2.45) is 5.73 Å². The van der Waals surface area contributed by atoms with Crippen LogP contribution in [0.25, 0.3) is 0 Å². The lowest BCUT2D eigenvalue weighted by Crippen LogP contribution is -2.14. The lowest BCUT2D eigenvalue weighted by molar-refractivity contribution is 0.0606. The van der Waals surface area contributed by atoms with Crippen LogP contribution in [-0.4, -0.2) is 18.9 Å². The molecule has 4 nitrogen and oxygen atoms in total. The van der Waals surface area contributed by atoms with Crippen molar-refractivity contribution in [2.75, 3.05) is 7.11 Å². The second kappa shape index (κ2) is 3.36. The van der Waals surface area contributed by atoms with E-state index in [9.17, 15) is 4.79 Å². The van der Waals surface area contributed by atoms with E-state index in [1.54, 1.807) is 11.4 Å². The molecule has 0 aromatic carbocycles. The molecule has 0 unspecified atom stereocenters. The Hall–Kier alpha value is -1.36.